The van der Waals surface area contributed by atoms with E-state index in [0.717, 1.165) is 5.57 Å². The van der Waals surface area contributed by atoms with Crippen molar-refractivity contribution in [3.63, 3.8) is 0 Å². The minimum absolute atomic E-state index is 0.0360. The molecule has 2 aromatic rings. The highest BCUT2D eigenvalue weighted by Crippen LogP contribution is 2.35. The summed E-state index contributed by atoms with van der Waals surface area (Å²) in [5.41, 5.74) is 6.60. The van der Waals surface area contributed by atoms with Gasteiger partial charge in [0.2, 0.25) is 5.95 Å². The molecular weight excluding hydrogens is 262 g/mol. The average Bonchev–Trinajstić information content (AvgIpc) is 2.94. The Hall–Kier alpha value is -2.19. The second kappa shape index (κ2) is 4.73. The maximum atomic E-state index is 11.7. The van der Waals surface area contributed by atoms with Gasteiger partial charge in [0, 0.05) is 6.04 Å². The fraction of sp³-hybridized carbons (Fsp3) is 0.417. The van der Waals surface area contributed by atoms with E-state index < -0.39 is 6.10 Å². The zero-order valence-electron chi connectivity index (χ0n) is 10.7. The van der Waals surface area contributed by atoms with Crippen LogP contribution in [-0.4, -0.2) is 42.4 Å². The van der Waals surface area contributed by atoms with E-state index in [-0.39, 0.29) is 29.7 Å². The van der Waals surface area contributed by atoms with Gasteiger partial charge < -0.3 is 20.5 Å². The zero-order chi connectivity index (χ0) is 14.3. The molecule has 5 N–H and O–H groups in total. The van der Waals surface area contributed by atoms with Gasteiger partial charge in [-0.3, -0.25) is 9.78 Å². The Balaban J connectivity index is 2.04. The quantitative estimate of drug-likeness (QED) is 0.538. The number of nitrogen functional groups attached to an aromatic ring is 1. The summed E-state index contributed by atoms with van der Waals surface area (Å²) >= 11 is 0. The highest BCUT2D eigenvalue weighted by molar-refractivity contribution is 5.70. The largest absolute Gasteiger partial charge is 0.392 e. The number of aromatic nitrogens is 4. The SMILES string of the molecule is Nc1nc2c(ncn2C2CC(=CCO)C(O)C2)c(=O)[nH]1. The molecule has 8 heteroatoms. The fourth-order valence-corrected chi connectivity index (χ4v) is 2.66. The Morgan fingerprint density at radius 2 is 2.40 bits per heavy atom. The van der Waals surface area contributed by atoms with Crippen molar-refractivity contribution in [3.05, 3.63) is 28.3 Å². The number of aromatic amines is 1. The van der Waals surface area contributed by atoms with Crippen molar-refractivity contribution in [2.45, 2.75) is 25.0 Å². The number of nitrogens with two attached hydrogens (primary N) is 1. The first-order valence-corrected chi connectivity index (χ1v) is 6.30. The van der Waals surface area contributed by atoms with Crippen LogP contribution in [-0.2, 0) is 0 Å². The minimum atomic E-state index is -0.594. The minimum Gasteiger partial charge on any atom is -0.392 e. The average molecular weight is 277 g/mol. The lowest BCUT2D eigenvalue weighted by atomic mass is 10.2. The van der Waals surface area contributed by atoms with Gasteiger partial charge in [0.1, 0.15) is 0 Å². The lowest BCUT2D eigenvalue weighted by Crippen LogP contribution is -2.13. The molecule has 2 atom stereocenters. The topological polar surface area (TPSA) is 130 Å². The summed E-state index contributed by atoms with van der Waals surface area (Å²) in [5.74, 6) is 0.0360. The maximum absolute atomic E-state index is 11.7. The molecule has 0 aromatic carbocycles. The Kier molecular flexibility index (Phi) is 3.03. The molecule has 0 amide bonds. The normalized spacial score (nSPS) is 24.8. The summed E-state index contributed by atoms with van der Waals surface area (Å²) < 4.78 is 1.75. The van der Waals surface area contributed by atoms with Gasteiger partial charge in [-0.2, -0.15) is 4.98 Å². The predicted octanol–water partition coefficient (Wildman–Crippen LogP) is -0.684. The van der Waals surface area contributed by atoms with Gasteiger partial charge in [-0.15, -0.1) is 0 Å². The number of hydrogen-bond acceptors (Lipinski definition) is 6. The number of nitrogens with zero attached hydrogens (tertiary/aromatic N) is 3. The Morgan fingerprint density at radius 1 is 1.60 bits per heavy atom. The van der Waals surface area contributed by atoms with Crippen LogP contribution in [0.15, 0.2) is 22.8 Å². The Morgan fingerprint density at radius 3 is 3.15 bits per heavy atom. The first-order valence-electron chi connectivity index (χ1n) is 6.30. The van der Waals surface area contributed by atoms with Gasteiger partial charge in [-0.1, -0.05) is 6.08 Å². The van der Waals surface area contributed by atoms with E-state index in [9.17, 15) is 9.90 Å². The third kappa shape index (κ3) is 1.98. The molecule has 20 heavy (non-hydrogen) atoms. The fourth-order valence-electron chi connectivity index (χ4n) is 2.66. The third-order valence-corrected chi connectivity index (χ3v) is 3.59. The number of rotatable bonds is 2. The number of imidazole rings is 1. The number of aliphatic hydroxyl groups is 2. The van der Waals surface area contributed by atoms with Crippen molar-refractivity contribution in [1.29, 1.82) is 0 Å². The van der Waals surface area contributed by atoms with E-state index in [1.807, 2.05) is 0 Å². The van der Waals surface area contributed by atoms with Crippen LogP contribution in [0.5, 0.6) is 0 Å². The van der Waals surface area contributed by atoms with E-state index in [2.05, 4.69) is 15.0 Å². The van der Waals surface area contributed by atoms with E-state index in [1.54, 1.807) is 10.6 Å². The Labute approximate surface area is 113 Å². The van der Waals surface area contributed by atoms with E-state index in [0.29, 0.717) is 18.5 Å². The number of anilines is 1. The van der Waals surface area contributed by atoms with Crippen LogP contribution in [0.25, 0.3) is 11.2 Å². The molecule has 1 aliphatic rings. The van der Waals surface area contributed by atoms with Gasteiger partial charge >= 0.3 is 0 Å². The molecule has 2 heterocycles. The molecule has 3 rings (SSSR count). The van der Waals surface area contributed by atoms with Crippen molar-refractivity contribution < 1.29 is 10.2 Å². The van der Waals surface area contributed by atoms with Crippen molar-refractivity contribution in [3.8, 4) is 0 Å². The molecule has 0 saturated heterocycles. The highest BCUT2D eigenvalue weighted by atomic mass is 16.3. The monoisotopic (exact) mass is 277 g/mol. The number of nitrogens with one attached hydrogen (secondary N) is 1. The number of fused-ring (bicyclic) bond motifs is 1. The molecule has 1 aliphatic carbocycles. The van der Waals surface area contributed by atoms with Crippen molar-refractivity contribution in [1.82, 2.24) is 19.5 Å². The molecule has 1 saturated carbocycles. The van der Waals surface area contributed by atoms with Gasteiger partial charge in [0.15, 0.2) is 11.2 Å². The first kappa shape index (κ1) is 12.8. The van der Waals surface area contributed by atoms with Gasteiger partial charge in [-0.25, -0.2) is 4.98 Å². The molecule has 8 nitrogen and oxygen atoms in total. The lowest BCUT2D eigenvalue weighted by Gasteiger charge is -2.11. The summed E-state index contributed by atoms with van der Waals surface area (Å²) in [6.07, 6.45) is 3.63. The zero-order valence-corrected chi connectivity index (χ0v) is 10.7. The van der Waals surface area contributed by atoms with Crippen LogP contribution < -0.4 is 11.3 Å². The van der Waals surface area contributed by atoms with E-state index in [1.165, 1.54) is 6.33 Å². The van der Waals surface area contributed by atoms with Gasteiger partial charge in [0.05, 0.1) is 19.0 Å². The van der Waals surface area contributed by atoms with E-state index in [4.69, 9.17) is 10.8 Å². The number of H-pyrrole nitrogens is 1. The highest BCUT2D eigenvalue weighted by Gasteiger charge is 2.30. The van der Waals surface area contributed by atoms with Crippen LogP contribution >= 0.6 is 0 Å². The molecule has 2 aromatic heterocycles. The van der Waals surface area contributed by atoms with E-state index >= 15 is 0 Å². The molecule has 0 spiro atoms. The maximum Gasteiger partial charge on any atom is 0.280 e. The molecule has 0 radical (unpaired) electrons. The lowest BCUT2D eigenvalue weighted by molar-refractivity contribution is 0.207. The smallest absolute Gasteiger partial charge is 0.280 e. The van der Waals surface area contributed by atoms with Crippen LogP contribution in [0.1, 0.15) is 18.9 Å². The summed E-state index contributed by atoms with van der Waals surface area (Å²) in [7, 11) is 0. The van der Waals surface area contributed by atoms with Crippen LogP contribution in [0.3, 0.4) is 0 Å². The standard InChI is InChI=1S/C12H15N5O3/c13-12-15-10-9(11(20)16-12)14-5-17(10)7-3-6(1-2-18)8(19)4-7/h1,5,7-8,18-19H,2-4H2,(H3,13,15,16,20). The van der Waals surface area contributed by atoms with Crippen molar-refractivity contribution in [2.24, 2.45) is 0 Å². The molecule has 0 aliphatic heterocycles. The molecule has 2 unspecified atom stereocenters. The molecule has 0 bridgehead atoms. The molecule has 106 valence electrons. The van der Waals surface area contributed by atoms with Gasteiger partial charge in [-0.05, 0) is 18.4 Å². The third-order valence-electron chi connectivity index (χ3n) is 3.59. The second-order valence-electron chi connectivity index (χ2n) is 4.85. The predicted molar refractivity (Wildman–Crippen MR) is 72.0 cm³/mol. The Bertz CT molecular complexity index is 732. The number of aliphatic hydroxyl groups excluding tert-OH is 2. The first-order chi connectivity index (χ1) is 9.60. The summed E-state index contributed by atoms with van der Waals surface area (Å²) in [6.45, 7) is -0.103. The number of hydrogen-bond donors (Lipinski definition) is 4. The van der Waals surface area contributed by atoms with Crippen LogP contribution in [0, 0.1) is 0 Å². The molecular formula is C12H15N5O3. The second-order valence-corrected chi connectivity index (χ2v) is 4.85. The molecule has 1 fully saturated rings. The van der Waals surface area contributed by atoms with Crippen molar-refractivity contribution in [2.75, 3.05) is 12.3 Å². The van der Waals surface area contributed by atoms with Crippen LogP contribution in [0.2, 0.25) is 0 Å². The summed E-state index contributed by atoms with van der Waals surface area (Å²) in [4.78, 5) is 22.3. The summed E-state index contributed by atoms with van der Waals surface area (Å²) in [6, 6.07) is -0.0542. The van der Waals surface area contributed by atoms with Crippen LogP contribution in [0.4, 0.5) is 5.95 Å². The summed E-state index contributed by atoms with van der Waals surface area (Å²) in [5, 5.41) is 18.9. The van der Waals surface area contributed by atoms with Gasteiger partial charge in [0.25, 0.3) is 5.56 Å². The van der Waals surface area contributed by atoms with Crippen molar-refractivity contribution >= 4 is 17.1 Å².